The molecule has 0 saturated carbocycles. The van der Waals surface area contributed by atoms with Crippen LogP contribution in [-0.2, 0) is 0 Å². The maximum Gasteiger partial charge on any atom is 0.0123 e. The van der Waals surface area contributed by atoms with Crippen molar-refractivity contribution >= 4 is 0 Å². The Morgan fingerprint density at radius 3 is 0.988 bits per heavy atom. The highest BCUT2D eigenvalue weighted by atomic mass is 14.0. The second-order valence-corrected chi connectivity index (χ2v) is 20.1. The van der Waals surface area contributed by atoms with Crippen molar-refractivity contribution in [3.63, 3.8) is 0 Å². The van der Waals surface area contributed by atoms with Gasteiger partial charge in [-0.1, -0.05) is 263 Å². The lowest BCUT2D eigenvalue weighted by atomic mass is 10.1. The van der Waals surface area contributed by atoms with Gasteiger partial charge in [0.05, 0.1) is 0 Å². The van der Waals surface area contributed by atoms with Crippen molar-refractivity contribution in [2.75, 3.05) is 0 Å². The molecule has 0 aromatic heterocycles. The normalized spacial score (nSPS) is 21.5. The smallest absolute Gasteiger partial charge is 0.0123 e. The maximum absolute atomic E-state index is 3.14. The third-order valence-corrected chi connectivity index (χ3v) is 12.6. The Hall–Kier alpha value is -6.30. The lowest BCUT2D eigenvalue weighted by molar-refractivity contribution is 0.638. The van der Waals surface area contributed by atoms with Gasteiger partial charge in [0.1, 0.15) is 0 Å². The third kappa shape index (κ3) is 69.8. The van der Waals surface area contributed by atoms with Gasteiger partial charge < -0.3 is 0 Å². The lowest BCUT2D eigenvalue weighted by Gasteiger charge is -2.00. The predicted molar refractivity (Wildman–Crippen MR) is 370 cm³/mol. The molecule has 0 radical (unpaired) electrons. The Bertz CT molecular complexity index is 2010. The minimum absolute atomic E-state index is 0. The van der Waals surface area contributed by atoms with Gasteiger partial charge in [-0.25, -0.2) is 0 Å². The Kier molecular flexibility index (Phi) is 66.1. The molecule has 0 heteroatoms. The molecule has 0 aliphatic heterocycles. The quantitative estimate of drug-likeness (QED) is 0.129. The first-order chi connectivity index (χ1) is 40.0. The standard InChI is InChI=1S/C8H14.4C8H12.4C8H10.C8H8.CH4/c10*1-2-4-6-8-7-5-3-1;/h1-2H,3-8H2;1,5H,2,4,6-8H2;1-2,7-8H,3-6H2;1-2,5,7H,3-4,6,8H2;1-4H,5-8H2;1-2H,3,5,7-8H2;1-2H,3-6H2;1-4,7-8H,5-6H2;1-6H,7-8H2;1-8H;1H4/b;;2-1-,8-7?;2-1-,7-5?;;;2-1-;3-1?,4-2?,8-7-;2-1?,5-3-,6-4?;2-1-,3-1?,4-2?,5-3-,6-4?,7-5?,8-6?,8-7?;. The molecule has 0 saturated heterocycles. The second kappa shape index (κ2) is 71.7. The van der Waals surface area contributed by atoms with E-state index in [1.807, 2.05) is 54.7 Å². The van der Waals surface area contributed by atoms with Crippen molar-refractivity contribution in [3.05, 3.63) is 249 Å². The molecule has 0 unspecified atom stereocenters. The summed E-state index contributed by atoms with van der Waals surface area (Å²) in [5, 5.41) is 0. The van der Waals surface area contributed by atoms with E-state index in [1.165, 1.54) is 173 Å². The van der Waals surface area contributed by atoms with E-state index in [0.29, 0.717) is 0 Å². The Morgan fingerprint density at radius 2 is 0.481 bits per heavy atom. The molecule has 0 amide bonds. The second-order valence-electron chi connectivity index (χ2n) is 20.1. The van der Waals surface area contributed by atoms with Crippen molar-refractivity contribution in [2.45, 2.75) is 232 Å². The van der Waals surface area contributed by atoms with Gasteiger partial charge in [0.15, 0.2) is 0 Å². The lowest BCUT2D eigenvalue weighted by Crippen LogP contribution is -1.80. The minimum atomic E-state index is 0. The van der Waals surface area contributed by atoms with Crippen LogP contribution in [0, 0.1) is 23.7 Å². The van der Waals surface area contributed by atoms with Crippen molar-refractivity contribution in [1.29, 1.82) is 0 Å². The SMILES string of the molecule is C.C1#CCC/C=C\CC1.C1#CCCCCC=C1.C1=C/C=C\C=C/C=C1.C1=C/C=C\CCC=C1.C1=CC/C=C\CC=C1.C1=CCC/C=C\CC1.C1=CCCC/C=C\C1.C1=CCCCCC=C1.C1=CCCCCCC1.C1=CCCCCCC=1. The van der Waals surface area contributed by atoms with E-state index in [0.717, 1.165) is 51.4 Å². The molecular weight excluding hydrogens is 973 g/mol. The van der Waals surface area contributed by atoms with Crippen LogP contribution in [0.4, 0.5) is 0 Å². The summed E-state index contributed by atoms with van der Waals surface area (Å²) in [7, 11) is 0. The van der Waals surface area contributed by atoms with Gasteiger partial charge in [0.25, 0.3) is 0 Å². The van der Waals surface area contributed by atoms with Gasteiger partial charge in [-0.15, -0.1) is 17.6 Å². The van der Waals surface area contributed by atoms with Crippen molar-refractivity contribution < 1.29 is 0 Å². The van der Waals surface area contributed by atoms with Gasteiger partial charge in [-0.05, 0) is 204 Å². The van der Waals surface area contributed by atoms with Crippen LogP contribution in [0.3, 0.4) is 0 Å². The molecule has 10 aliphatic carbocycles. The van der Waals surface area contributed by atoms with Crippen molar-refractivity contribution in [2.24, 2.45) is 0 Å². The fourth-order valence-corrected chi connectivity index (χ4v) is 7.94. The zero-order valence-corrected chi connectivity index (χ0v) is 50.3. The molecular formula is C81H114. The van der Waals surface area contributed by atoms with Crippen LogP contribution in [0.15, 0.2) is 249 Å². The van der Waals surface area contributed by atoms with E-state index in [2.05, 4.69) is 218 Å². The van der Waals surface area contributed by atoms with Crippen LogP contribution >= 0.6 is 0 Å². The summed E-state index contributed by atoms with van der Waals surface area (Å²) in [6.45, 7) is 0. The van der Waals surface area contributed by atoms with Crippen LogP contribution in [-0.4, -0.2) is 0 Å². The molecule has 10 aliphatic rings. The average molecular weight is 1090 g/mol. The zero-order chi connectivity index (χ0) is 56.6. The highest BCUT2D eigenvalue weighted by Crippen LogP contribution is 2.11. The minimum Gasteiger partial charge on any atom is -0.130 e. The van der Waals surface area contributed by atoms with Gasteiger partial charge in [-0.2, -0.15) is 0 Å². The van der Waals surface area contributed by atoms with Gasteiger partial charge in [0, 0.05) is 19.3 Å². The fourth-order valence-electron chi connectivity index (χ4n) is 7.94. The topological polar surface area (TPSA) is 0 Å². The summed E-state index contributed by atoms with van der Waals surface area (Å²) in [5.41, 5.74) is 3.14. The first kappa shape index (κ1) is 74.7. The van der Waals surface area contributed by atoms with Crippen LogP contribution in [0.5, 0.6) is 0 Å². The molecule has 0 atom stereocenters. The molecule has 81 heavy (non-hydrogen) atoms. The molecule has 0 nitrogen and oxygen atoms in total. The fraction of sp³-hybridized carbons (Fsp3) is 0.444. The summed E-state index contributed by atoms with van der Waals surface area (Å²) >= 11 is 0. The van der Waals surface area contributed by atoms with E-state index >= 15 is 0 Å². The number of allylic oxidation sites excluding steroid dienone is 39. The number of hydrogen-bond acceptors (Lipinski definition) is 0. The van der Waals surface area contributed by atoms with Crippen LogP contribution < -0.4 is 0 Å². The number of rotatable bonds is 0. The van der Waals surface area contributed by atoms with E-state index < -0.39 is 0 Å². The molecule has 0 fully saturated rings. The van der Waals surface area contributed by atoms with Crippen LogP contribution in [0.25, 0.3) is 0 Å². The summed E-state index contributed by atoms with van der Waals surface area (Å²) in [6.07, 6.45) is 130. The third-order valence-electron chi connectivity index (χ3n) is 12.6. The molecule has 0 bridgehead atoms. The molecule has 438 valence electrons. The summed E-state index contributed by atoms with van der Waals surface area (Å²) in [4.78, 5) is 0. The van der Waals surface area contributed by atoms with E-state index in [1.54, 1.807) is 0 Å². The summed E-state index contributed by atoms with van der Waals surface area (Å²) in [6, 6.07) is 0. The molecule has 0 N–H and O–H groups in total. The van der Waals surface area contributed by atoms with Crippen molar-refractivity contribution in [3.8, 4) is 23.7 Å². The molecule has 0 spiro atoms. The highest BCUT2D eigenvalue weighted by Gasteiger charge is 1.91. The first-order valence-electron chi connectivity index (χ1n) is 31.8. The Morgan fingerprint density at radius 1 is 0.185 bits per heavy atom. The summed E-state index contributed by atoms with van der Waals surface area (Å²) < 4.78 is 0. The van der Waals surface area contributed by atoms with Crippen LogP contribution in [0.2, 0.25) is 0 Å². The average Bonchev–Trinajstić information content (AvgIpc) is 3.34. The zero-order valence-electron chi connectivity index (χ0n) is 50.3. The van der Waals surface area contributed by atoms with Crippen molar-refractivity contribution in [1.82, 2.24) is 0 Å². The van der Waals surface area contributed by atoms with E-state index in [-0.39, 0.29) is 7.43 Å². The Labute approximate surface area is 501 Å². The van der Waals surface area contributed by atoms with Gasteiger partial charge >= 0.3 is 0 Å². The molecule has 10 rings (SSSR count). The van der Waals surface area contributed by atoms with E-state index in [4.69, 9.17) is 0 Å². The van der Waals surface area contributed by atoms with Gasteiger partial charge in [-0.3, -0.25) is 0 Å². The van der Waals surface area contributed by atoms with E-state index in [9.17, 15) is 0 Å². The Balaban J connectivity index is 0.000000877. The number of hydrogen-bond donors (Lipinski definition) is 0. The predicted octanol–water partition coefficient (Wildman–Crippen LogP) is 25.6. The van der Waals surface area contributed by atoms with Crippen LogP contribution in [0.1, 0.15) is 232 Å². The monoisotopic (exact) mass is 1090 g/mol. The highest BCUT2D eigenvalue weighted by molar-refractivity contribution is 5.23. The first-order valence-corrected chi connectivity index (χ1v) is 31.8. The molecule has 0 aromatic carbocycles. The van der Waals surface area contributed by atoms with Gasteiger partial charge in [0.2, 0.25) is 0 Å². The molecule has 0 heterocycles. The largest absolute Gasteiger partial charge is 0.130 e. The molecule has 0 aromatic rings. The maximum atomic E-state index is 3.14. The summed E-state index contributed by atoms with van der Waals surface area (Å²) in [5.74, 6) is 12.2.